The van der Waals surface area contributed by atoms with E-state index in [4.69, 9.17) is 10.3 Å². The van der Waals surface area contributed by atoms with E-state index in [2.05, 4.69) is 25.7 Å². The molecule has 0 unspecified atom stereocenters. The number of thioether (sulfide) groups is 1. The van der Waals surface area contributed by atoms with Gasteiger partial charge in [0.05, 0.1) is 5.75 Å². The van der Waals surface area contributed by atoms with E-state index in [1.165, 1.54) is 23.1 Å². The molecule has 10 heteroatoms. The molecule has 0 saturated heterocycles. The quantitative estimate of drug-likeness (QED) is 0.774. The molecule has 0 spiro atoms. The van der Waals surface area contributed by atoms with Gasteiger partial charge >= 0.3 is 6.01 Å². The van der Waals surface area contributed by atoms with Crippen LogP contribution in [0.3, 0.4) is 0 Å². The molecule has 0 saturated carbocycles. The Morgan fingerprint density at radius 1 is 1.59 bits per heavy atom. The van der Waals surface area contributed by atoms with Gasteiger partial charge in [0, 0.05) is 0 Å². The Morgan fingerprint density at radius 2 is 2.41 bits per heavy atom. The summed E-state index contributed by atoms with van der Waals surface area (Å²) in [5, 5.41) is 13.8. The summed E-state index contributed by atoms with van der Waals surface area (Å²) >= 11 is 2.47. The zero-order valence-electron chi connectivity index (χ0n) is 8.71. The molecule has 0 fully saturated rings. The summed E-state index contributed by atoms with van der Waals surface area (Å²) in [4.78, 5) is 15.3. The molecule has 0 bridgehead atoms. The highest BCUT2D eigenvalue weighted by Gasteiger charge is 2.10. The van der Waals surface area contributed by atoms with E-state index in [1.54, 1.807) is 6.92 Å². The summed E-state index contributed by atoms with van der Waals surface area (Å²) in [6, 6.07) is 0.0878. The number of anilines is 2. The van der Waals surface area contributed by atoms with Crippen molar-refractivity contribution in [2.45, 2.75) is 11.3 Å². The number of nitrogens with zero attached hydrogens (tertiary/aromatic N) is 4. The van der Waals surface area contributed by atoms with Crippen LogP contribution in [-0.4, -0.2) is 32.0 Å². The summed E-state index contributed by atoms with van der Waals surface area (Å²) in [5.74, 6) is 0.382. The normalized spacial score (nSPS) is 10.4. The minimum atomic E-state index is -0.257. The third kappa shape index (κ3) is 3.39. The Bertz CT molecular complexity index is 524. The summed E-state index contributed by atoms with van der Waals surface area (Å²) in [5.41, 5.74) is 5.41. The first kappa shape index (κ1) is 11.8. The van der Waals surface area contributed by atoms with Crippen LogP contribution in [0.5, 0.6) is 0 Å². The third-order valence-corrected chi connectivity index (χ3v) is 3.41. The van der Waals surface area contributed by atoms with E-state index in [-0.39, 0.29) is 17.7 Å². The average Bonchev–Trinajstić information content (AvgIpc) is 2.85. The number of rotatable bonds is 4. The van der Waals surface area contributed by atoms with Gasteiger partial charge in [-0.05, 0) is 6.92 Å². The molecule has 8 nitrogen and oxygen atoms in total. The number of nitrogens with one attached hydrogen (secondary N) is 1. The number of carbonyl (C=O) groups is 1. The first-order valence-electron chi connectivity index (χ1n) is 4.45. The van der Waals surface area contributed by atoms with Gasteiger partial charge in [-0.1, -0.05) is 28.3 Å². The number of nitrogens with two attached hydrogens (primary N) is 1. The Labute approximate surface area is 104 Å². The highest BCUT2D eigenvalue weighted by Crippen LogP contribution is 2.23. The molecule has 0 aliphatic carbocycles. The van der Waals surface area contributed by atoms with Crippen molar-refractivity contribution in [3.8, 4) is 0 Å². The molecule has 2 heterocycles. The number of carbonyl (C=O) groups excluding carboxylic acids is 1. The number of nitrogen functional groups attached to an aromatic ring is 1. The predicted octanol–water partition coefficient (Wildman–Crippen LogP) is 0.543. The van der Waals surface area contributed by atoms with Crippen LogP contribution in [0.2, 0.25) is 0 Å². The summed E-state index contributed by atoms with van der Waals surface area (Å²) < 4.78 is 5.38. The lowest BCUT2D eigenvalue weighted by Crippen LogP contribution is -2.14. The summed E-state index contributed by atoms with van der Waals surface area (Å²) in [6.07, 6.45) is 0. The van der Waals surface area contributed by atoms with Crippen molar-refractivity contribution < 1.29 is 9.32 Å². The van der Waals surface area contributed by atoms with Crippen molar-refractivity contribution >= 4 is 40.2 Å². The monoisotopic (exact) mass is 272 g/mol. The third-order valence-electron chi connectivity index (χ3n) is 1.52. The molecular formula is C7H8N6O2S2. The van der Waals surface area contributed by atoms with Gasteiger partial charge in [-0.3, -0.25) is 10.1 Å². The molecule has 2 aromatic rings. The highest BCUT2D eigenvalue weighted by atomic mass is 32.2. The number of aromatic nitrogens is 4. The van der Waals surface area contributed by atoms with Gasteiger partial charge in [-0.15, -0.1) is 10.2 Å². The first-order chi connectivity index (χ1) is 8.13. The SMILES string of the molecule is Cc1noc(NC(=O)CSc2nnc(N)s2)n1. The maximum atomic E-state index is 11.5. The Morgan fingerprint density at radius 3 is 3.00 bits per heavy atom. The maximum Gasteiger partial charge on any atom is 0.328 e. The van der Waals surface area contributed by atoms with Crippen molar-refractivity contribution in [3.63, 3.8) is 0 Å². The fraction of sp³-hybridized carbons (Fsp3) is 0.286. The van der Waals surface area contributed by atoms with E-state index in [0.29, 0.717) is 15.3 Å². The summed E-state index contributed by atoms with van der Waals surface area (Å²) in [7, 11) is 0. The van der Waals surface area contributed by atoms with Crippen LogP contribution in [0, 0.1) is 6.92 Å². The number of aryl methyl sites for hydroxylation is 1. The van der Waals surface area contributed by atoms with Crippen molar-refractivity contribution in [2.24, 2.45) is 0 Å². The van der Waals surface area contributed by atoms with Crippen LogP contribution in [-0.2, 0) is 4.79 Å². The molecular weight excluding hydrogens is 264 g/mol. The van der Waals surface area contributed by atoms with E-state index in [0.717, 1.165) is 0 Å². The van der Waals surface area contributed by atoms with Crippen LogP contribution in [0.15, 0.2) is 8.86 Å². The van der Waals surface area contributed by atoms with Crippen molar-refractivity contribution in [1.82, 2.24) is 20.3 Å². The zero-order valence-corrected chi connectivity index (χ0v) is 10.3. The standard InChI is InChI=1S/C7H8N6O2S2/c1-3-9-6(15-13-3)10-4(14)2-16-7-12-11-5(8)17-7/h2H2,1H3,(H2,8,11)(H,9,10,13,14). The zero-order chi connectivity index (χ0) is 12.3. The number of amides is 1. The minimum Gasteiger partial charge on any atom is -0.374 e. The van der Waals surface area contributed by atoms with Gasteiger partial charge in [0.15, 0.2) is 10.2 Å². The fourth-order valence-corrected chi connectivity index (χ4v) is 2.35. The predicted molar refractivity (Wildman–Crippen MR) is 62.7 cm³/mol. The Hall–Kier alpha value is -1.68. The highest BCUT2D eigenvalue weighted by molar-refractivity contribution is 8.01. The molecule has 0 atom stereocenters. The van der Waals surface area contributed by atoms with E-state index in [9.17, 15) is 4.79 Å². The largest absolute Gasteiger partial charge is 0.374 e. The van der Waals surface area contributed by atoms with E-state index >= 15 is 0 Å². The molecule has 2 rings (SSSR count). The van der Waals surface area contributed by atoms with Crippen molar-refractivity contribution in [1.29, 1.82) is 0 Å². The van der Waals surface area contributed by atoms with Crippen LogP contribution >= 0.6 is 23.1 Å². The molecule has 0 aromatic carbocycles. The molecule has 1 amide bonds. The molecule has 0 aliphatic rings. The van der Waals surface area contributed by atoms with Gasteiger partial charge in [0.1, 0.15) is 0 Å². The van der Waals surface area contributed by atoms with Gasteiger partial charge in [-0.2, -0.15) is 4.98 Å². The summed E-state index contributed by atoms with van der Waals surface area (Å²) in [6.45, 7) is 1.66. The molecule has 3 N–H and O–H groups in total. The van der Waals surface area contributed by atoms with Gasteiger partial charge in [0.2, 0.25) is 11.0 Å². The second-order valence-corrected chi connectivity index (χ2v) is 5.12. The minimum absolute atomic E-state index is 0.0878. The molecule has 0 radical (unpaired) electrons. The van der Waals surface area contributed by atoms with Crippen LogP contribution in [0.4, 0.5) is 11.1 Å². The van der Waals surface area contributed by atoms with E-state index < -0.39 is 0 Å². The first-order valence-corrected chi connectivity index (χ1v) is 6.25. The molecule has 0 aliphatic heterocycles. The Kier molecular flexibility index (Phi) is 3.54. The second kappa shape index (κ2) is 5.10. The van der Waals surface area contributed by atoms with Gasteiger partial charge < -0.3 is 10.3 Å². The smallest absolute Gasteiger partial charge is 0.328 e. The second-order valence-electron chi connectivity index (χ2n) is 2.89. The lowest BCUT2D eigenvalue weighted by Gasteiger charge is -1.96. The maximum absolute atomic E-state index is 11.5. The molecule has 90 valence electrons. The van der Waals surface area contributed by atoms with Crippen molar-refractivity contribution in [3.05, 3.63) is 5.82 Å². The van der Waals surface area contributed by atoms with Gasteiger partial charge in [0.25, 0.3) is 0 Å². The average molecular weight is 272 g/mol. The van der Waals surface area contributed by atoms with Crippen LogP contribution < -0.4 is 11.1 Å². The lowest BCUT2D eigenvalue weighted by atomic mass is 10.7. The molecule has 17 heavy (non-hydrogen) atoms. The van der Waals surface area contributed by atoms with Crippen LogP contribution in [0.25, 0.3) is 0 Å². The lowest BCUT2D eigenvalue weighted by molar-refractivity contribution is -0.114. The topological polar surface area (TPSA) is 120 Å². The van der Waals surface area contributed by atoms with Crippen LogP contribution in [0.1, 0.15) is 5.82 Å². The van der Waals surface area contributed by atoms with E-state index in [1.807, 2.05) is 0 Å². The molecule has 2 aromatic heterocycles. The fourth-order valence-electron chi connectivity index (χ4n) is 0.909. The van der Waals surface area contributed by atoms with Gasteiger partial charge in [-0.25, -0.2) is 0 Å². The Balaban J connectivity index is 1.82. The number of hydrogen-bond acceptors (Lipinski definition) is 9. The van der Waals surface area contributed by atoms with Crippen molar-refractivity contribution in [2.75, 3.05) is 16.8 Å². The number of hydrogen-bond donors (Lipinski definition) is 2.